The van der Waals surface area contributed by atoms with Crippen molar-refractivity contribution >= 4 is 55.9 Å². The highest BCUT2D eigenvalue weighted by Crippen LogP contribution is 2.38. The molecule has 2 aromatic carbocycles. The number of hydrogen-bond acceptors (Lipinski definition) is 6. The molecule has 0 spiro atoms. The summed E-state index contributed by atoms with van der Waals surface area (Å²) in [6.45, 7) is 2.81. The van der Waals surface area contributed by atoms with E-state index in [1.54, 1.807) is 36.7 Å². The number of carbonyl (C=O) groups is 1. The molecule has 8 nitrogen and oxygen atoms in total. The molecule has 1 aliphatic rings. The Morgan fingerprint density at radius 1 is 1.03 bits per heavy atom. The van der Waals surface area contributed by atoms with Crippen molar-refractivity contribution in [2.24, 2.45) is 0 Å². The second-order valence-corrected chi connectivity index (χ2v) is 11.4. The smallest absolute Gasteiger partial charge is 0.258 e. The summed E-state index contributed by atoms with van der Waals surface area (Å²) in [5.41, 5.74) is 4.57. The average Bonchev–Trinajstić information content (AvgIpc) is 3.18. The zero-order chi connectivity index (χ0) is 26.6. The molecule has 0 radical (unpaired) electrons. The van der Waals surface area contributed by atoms with E-state index in [1.165, 1.54) is 4.31 Å². The molecule has 0 atom stereocenters. The highest BCUT2D eigenvalue weighted by atomic mass is 35.5. The van der Waals surface area contributed by atoms with E-state index in [1.807, 2.05) is 56.3 Å². The number of carbonyl (C=O) groups excluding carboxylic acids is 1. The molecule has 0 saturated carbocycles. The van der Waals surface area contributed by atoms with Crippen LogP contribution in [0, 0.1) is 0 Å². The van der Waals surface area contributed by atoms with Crippen molar-refractivity contribution in [2.45, 2.75) is 13.3 Å². The van der Waals surface area contributed by atoms with Gasteiger partial charge in [-0.3, -0.25) is 14.1 Å². The number of nitrogens with one attached hydrogen (secondary N) is 2. The van der Waals surface area contributed by atoms with Crippen LogP contribution in [0.2, 0.25) is 5.02 Å². The number of rotatable bonds is 10. The topological polar surface area (TPSA) is 94.6 Å². The molecule has 194 valence electrons. The van der Waals surface area contributed by atoms with E-state index in [0.29, 0.717) is 52.9 Å². The van der Waals surface area contributed by atoms with E-state index in [4.69, 9.17) is 11.6 Å². The van der Waals surface area contributed by atoms with Gasteiger partial charge in [-0.15, -0.1) is 0 Å². The minimum Gasteiger partial charge on any atom is -0.354 e. The molecule has 37 heavy (non-hydrogen) atoms. The molecule has 0 fully saturated rings. The highest BCUT2D eigenvalue weighted by molar-refractivity contribution is 7.92. The Hall–Kier alpha value is -3.40. The number of sulfonamides is 1. The normalized spacial score (nSPS) is 14.4. The standard InChI is InChI=1S/C27H30ClN5O3S/c1-4-17-37(35,36)33(16-15-32(2)3)22-8-6-21(7-9-22)30-26(19-11-13-29-14-12-19)25-23-10-5-20(28)18-24(23)31-27(25)34/h5-14,18,30H,4,15-17H2,1-3H3,(H,31,34). The molecule has 1 amide bonds. The molecule has 1 aliphatic heterocycles. The van der Waals surface area contributed by atoms with E-state index in [9.17, 15) is 13.2 Å². The lowest BCUT2D eigenvalue weighted by atomic mass is 10.0. The van der Waals surface area contributed by atoms with E-state index < -0.39 is 10.0 Å². The predicted molar refractivity (Wildman–Crippen MR) is 151 cm³/mol. The lowest BCUT2D eigenvalue weighted by Gasteiger charge is -2.26. The molecule has 4 rings (SSSR count). The van der Waals surface area contributed by atoms with Crippen molar-refractivity contribution < 1.29 is 13.2 Å². The van der Waals surface area contributed by atoms with Gasteiger partial charge in [0.25, 0.3) is 5.91 Å². The van der Waals surface area contributed by atoms with Crippen molar-refractivity contribution in [1.82, 2.24) is 9.88 Å². The van der Waals surface area contributed by atoms with Crippen LogP contribution in [0.25, 0.3) is 11.3 Å². The Morgan fingerprint density at radius 3 is 2.38 bits per heavy atom. The first kappa shape index (κ1) is 26.7. The molecule has 0 bridgehead atoms. The van der Waals surface area contributed by atoms with Crippen molar-refractivity contribution in [2.75, 3.05) is 47.9 Å². The van der Waals surface area contributed by atoms with E-state index in [-0.39, 0.29) is 11.7 Å². The van der Waals surface area contributed by atoms with Crippen LogP contribution < -0.4 is 14.9 Å². The quantitative estimate of drug-likeness (QED) is 0.360. The van der Waals surface area contributed by atoms with Crippen LogP contribution in [0.5, 0.6) is 0 Å². The molecule has 0 aliphatic carbocycles. The van der Waals surface area contributed by atoms with Crippen LogP contribution in [0.3, 0.4) is 0 Å². The van der Waals surface area contributed by atoms with Gasteiger partial charge in [0.05, 0.1) is 28.4 Å². The summed E-state index contributed by atoms with van der Waals surface area (Å²) in [5.74, 6) is -0.161. The minimum absolute atomic E-state index is 0.0806. The van der Waals surface area contributed by atoms with Crippen molar-refractivity contribution in [3.63, 3.8) is 0 Å². The predicted octanol–water partition coefficient (Wildman–Crippen LogP) is 4.78. The fourth-order valence-electron chi connectivity index (χ4n) is 4.13. The maximum Gasteiger partial charge on any atom is 0.258 e. The fourth-order valence-corrected chi connectivity index (χ4v) is 5.85. The second-order valence-electron chi connectivity index (χ2n) is 8.99. The van der Waals surface area contributed by atoms with Gasteiger partial charge in [-0.05, 0) is 69.0 Å². The minimum atomic E-state index is -3.45. The molecule has 3 aromatic rings. The zero-order valence-electron chi connectivity index (χ0n) is 21.0. The van der Waals surface area contributed by atoms with E-state index >= 15 is 0 Å². The summed E-state index contributed by atoms with van der Waals surface area (Å²) in [5, 5.41) is 6.80. The van der Waals surface area contributed by atoms with Crippen molar-refractivity contribution in [3.8, 4) is 0 Å². The van der Waals surface area contributed by atoms with E-state index in [0.717, 1.165) is 11.1 Å². The Labute approximate surface area is 223 Å². The summed E-state index contributed by atoms with van der Waals surface area (Å²) < 4.78 is 27.4. The number of anilines is 3. The number of likely N-dealkylation sites (N-methyl/N-ethyl adjacent to an activating group) is 1. The maximum atomic E-state index is 13.0. The molecule has 10 heteroatoms. The summed E-state index contributed by atoms with van der Waals surface area (Å²) >= 11 is 6.14. The number of hydrogen-bond donors (Lipinski definition) is 2. The SMILES string of the molecule is CCCS(=O)(=O)N(CCN(C)C)c1ccc(NC(=C2C(=O)Nc3cc(Cl)ccc32)c2ccncc2)cc1. The average molecular weight is 540 g/mol. The van der Waals surface area contributed by atoms with Gasteiger partial charge in [0.2, 0.25) is 10.0 Å². The van der Waals surface area contributed by atoms with Crippen molar-refractivity contribution in [3.05, 3.63) is 83.1 Å². The van der Waals surface area contributed by atoms with Gasteiger partial charge in [0, 0.05) is 47.3 Å². The second kappa shape index (κ2) is 11.3. The Bertz CT molecular complexity index is 1410. The first-order chi connectivity index (χ1) is 17.7. The molecule has 0 saturated heterocycles. The maximum absolute atomic E-state index is 13.0. The first-order valence-corrected chi connectivity index (χ1v) is 14.0. The summed E-state index contributed by atoms with van der Waals surface area (Å²) in [7, 11) is 0.376. The van der Waals surface area contributed by atoms with Gasteiger partial charge in [-0.1, -0.05) is 24.6 Å². The number of halogens is 1. The number of pyridine rings is 1. The van der Waals surface area contributed by atoms with Gasteiger partial charge in [-0.25, -0.2) is 8.42 Å². The molecule has 0 unspecified atom stereocenters. The number of aromatic nitrogens is 1. The number of nitrogens with zero attached hydrogens (tertiary/aromatic N) is 3. The molecule has 2 heterocycles. The van der Waals surface area contributed by atoms with Gasteiger partial charge < -0.3 is 15.5 Å². The van der Waals surface area contributed by atoms with Crippen LogP contribution >= 0.6 is 11.6 Å². The number of amides is 1. The monoisotopic (exact) mass is 539 g/mol. The van der Waals surface area contributed by atoms with Gasteiger partial charge in [0.15, 0.2) is 0 Å². The fraction of sp³-hybridized carbons (Fsp3) is 0.259. The van der Waals surface area contributed by atoms with Gasteiger partial charge in [-0.2, -0.15) is 0 Å². The molecular formula is C27H30ClN5O3S. The van der Waals surface area contributed by atoms with E-state index in [2.05, 4.69) is 15.6 Å². The Kier molecular flexibility index (Phi) is 8.16. The van der Waals surface area contributed by atoms with Crippen LogP contribution in [0.15, 0.2) is 67.0 Å². The highest BCUT2D eigenvalue weighted by Gasteiger charge is 2.29. The van der Waals surface area contributed by atoms with Crippen molar-refractivity contribution in [1.29, 1.82) is 0 Å². The van der Waals surface area contributed by atoms with Crippen LogP contribution in [-0.4, -0.2) is 57.1 Å². The summed E-state index contributed by atoms with van der Waals surface area (Å²) in [6, 6.07) is 16.1. The summed E-state index contributed by atoms with van der Waals surface area (Å²) in [6.07, 6.45) is 3.87. The summed E-state index contributed by atoms with van der Waals surface area (Å²) in [4.78, 5) is 19.1. The van der Waals surface area contributed by atoms with Gasteiger partial charge in [0.1, 0.15) is 0 Å². The third-order valence-electron chi connectivity index (χ3n) is 5.92. The first-order valence-electron chi connectivity index (χ1n) is 12.0. The molecular weight excluding hydrogens is 510 g/mol. The van der Waals surface area contributed by atoms with Crippen LogP contribution in [0.4, 0.5) is 17.1 Å². The lowest BCUT2D eigenvalue weighted by molar-refractivity contribution is -0.110. The number of fused-ring (bicyclic) bond motifs is 1. The van der Waals surface area contributed by atoms with Crippen LogP contribution in [0.1, 0.15) is 24.5 Å². The number of benzene rings is 2. The Balaban J connectivity index is 1.72. The largest absolute Gasteiger partial charge is 0.354 e. The lowest BCUT2D eigenvalue weighted by Crippen LogP contribution is -2.38. The zero-order valence-corrected chi connectivity index (χ0v) is 22.6. The Morgan fingerprint density at radius 2 is 1.73 bits per heavy atom. The third-order valence-corrected chi connectivity index (χ3v) is 8.14. The van der Waals surface area contributed by atoms with Gasteiger partial charge >= 0.3 is 0 Å². The van der Waals surface area contributed by atoms with Crippen LogP contribution in [-0.2, 0) is 14.8 Å². The molecule has 1 aromatic heterocycles. The third kappa shape index (κ3) is 6.12. The molecule has 2 N–H and O–H groups in total.